The number of carbonyl (C=O) groups is 1. The lowest BCUT2D eigenvalue weighted by Gasteiger charge is -2.37. The van der Waals surface area contributed by atoms with Crippen molar-refractivity contribution in [2.75, 3.05) is 13.2 Å². The Labute approximate surface area is 154 Å². The van der Waals surface area contributed by atoms with Crippen LogP contribution >= 0.6 is 0 Å². The molecule has 2 bridgehead atoms. The van der Waals surface area contributed by atoms with Crippen molar-refractivity contribution in [3.63, 3.8) is 0 Å². The average molecular weight is 366 g/mol. The van der Waals surface area contributed by atoms with Gasteiger partial charge in [0.05, 0.1) is 36.5 Å². The molecule has 146 valence electrons. The van der Waals surface area contributed by atoms with Crippen LogP contribution in [0.4, 0.5) is 4.79 Å². The van der Waals surface area contributed by atoms with Crippen molar-refractivity contribution in [2.45, 2.75) is 88.7 Å². The highest BCUT2D eigenvalue weighted by Crippen LogP contribution is 2.49. The van der Waals surface area contributed by atoms with Gasteiger partial charge in [0, 0.05) is 17.8 Å². The average Bonchev–Trinajstić information content (AvgIpc) is 3.05. The van der Waals surface area contributed by atoms with E-state index in [1.165, 1.54) is 0 Å². The predicted octanol–water partition coefficient (Wildman–Crippen LogP) is 3.70. The Hall–Kier alpha value is -1.50. The minimum atomic E-state index is -0.405. The largest absolute Gasteiger partial charge is 0.446 e. The fraction of sp³-hybridized carbons (Fsp3) is 0.944. The summed E-state index contributed by atoms with van der Waals surface area (Å²) in [4.78, 5) is 15.2. The van der Waals surface area contributed by atoms with Crippen LogP contribution in [0.5, 0.6) is 0 Å². The van der Waals surface area contributed by atoms with E-state index in [-0.39, 0.29) is 23.9 Å². The van der Waals surface area contributed by atoms with Crippen LogP contribution in [-0.2, 0) is 14.2 Å². The second kappa shape index (κ2) is 7.62. The Bertz CT molecular complexity index is 566. The zero-order valence-electron chi connectivity index (χ0n) is 15.9. The Kier molecular flexibility index (Phi) is 5.65. The molecule has 3 aliphatic rings. The zero-order valence-corrected chi connectivity index (χ0v) is 15.9. The smallest absolute Gasteiger partial charge is 0.407 e. The first kappa shape index (κ1) is 19.3. The molecule has 1 N–H and O–H groups in total. The maximum Gasteiger partial charge on any atom is 0.407 e. The van der Waals surface area contributed by atoms with Gasteiger partial charge < -0.3 is 19.5 Å². The monoisotopic (exact) mass is 366 g/mol. The van der Waals surface area contributed by atoms with Crippen molar-refractivity contribution in [1.29, 1.82) is 0 Å². The Balaban J connectivity index is 1.35. The molecule has 3 saturated carbocycles. The van der Waals surface area contributed by atoms with E-state index < -0.39 is 11.6 Å². The molecule has 3 atom stereocenters. The third-order valence-electron chi connectivity index (χ3n) is 5.69. The van der Waals surface area contributed by atoms with Crippen LogP contribution in [-0.4, -0.2) is 48.7 Å². The highest BCUT2D eigenvalue weighted by atomic mass is 16.6. The summed E-state index contributed by atoms with van der Waals surface area (Å²) in [6.45, 7) is 7.17. The van der Waals surface area contributed by atoms with E-state index in [0.717, 1.165) is 38.5 Å². The third kappa shape index (κ3) is 4.61. The molecule has 3 rings (SSSR count). The second-order valence-electron chi connectivity index (χ2n) is 8.80. The van der Waals surface area contributed by atoms with E-state index in [1.807, 2.05) is 20.8 Å². The number of nitrogens with one attached hydrogen (secondary N) is 1. The van der Waals surface area contributed by atoms with Gasteiger partial charge >= 0.3 is 6.09 Å². The highest BCUT2D eigenvalue weighted by molar-refractivity contribution is 5.69. The minimum absolute atomic E-state index is 0.101. The van der Waals surface area contributed by atoms with Gasteiger partial charge in [0.2, 0.25) is 0 Å². The Morgan fingerprint density at radius 2 is 2.04 bits per heavy atom. The zero-order chi connectivity index (χ0) is 18.8. The van der Waals surface area contributed by atoms with Crippen molar-refractivity contribution in [3.05, 3.63) is 10.4 Å². The van der Waals surface area contributed by atoms with Crippen molar-refractivity contribution >= 4 is 6.09 Å². The van der Waals surface area contributed by atoms with Crippen LogP contribution in [0.25, 0.3) is 10.4 Å². The van der Waals surface area contributed by atoms with Crippen LogP contribution in [0.3, 0.4) is 0 Å². The van der Waals surface area contributed by atoms with Crippen LogP contribution in [0.2, 0.25) is 0 Å². The number of hydrogen-bond acceptors (Lipinski definition) is 5. The summed E-state index contributed by atoms with van der Waals surface area (Å²) in [6.07, 6.45) is 4.76. The van der Waals surface area contributed by atoms with Gasteiger partial charge in [0.15, 0.2) is 0 Å². The molecule has 0 heterocycles. The topological polar surface area (TPSA) is 106 Å². The van der Waals surface area contributed by atoms with E-state index in [9.17, 15) is 4.79 Å². The molecule has 0 saturated heterocycles. The summed E-state index contributed by atoms with van der Waals surface area (Å²) in [6, 6.07) is -0.154. The van der Waals surface area contributed by atoms with Gasteiger partial charge in [-0.25, -0.2) is 4.79 Å². The lowest BCUT2D eigenvalue weighted by atomic mass is 9.89. The highest BCUT2D eigenvalue weighted by Gasteiger charge is 2.53. The number of fused-ring (bicyclic) bond motifs is 2. The summed E-state index contributed by atoms with van der Waals surface area (Å²) in [5, 5.41) is 6.91. The summed E-state index contributed by atoms with van der Waals surface area (Å²) in [7, 11) is 0. The molecule has 0 aliphatic heterocycles. The van der Waals surface area contributed by atoms with Gasteiger partial charge in [-0.3, -0.25) is 0 Å². The van der Waals surface area contributed by atoms with Gasteiger partial charge in [0.25, 0.3) is 0 Å². The molecule has 3 fully saturated rings. The molecule has 8 nitrogen and oxygen atoms in total. The first-order valence-electron chi connectivity index (χ1n) is 9.58. The summed E-state index contributed by atoms with van der Waals surface area (Å²) < 4.78 is 16.9. The second-order valence-corrected chi connectivity index (χ2v) is 8.80. The number of azide groups is 1. The maximum absolute atomic E-state index is 12.3. The Morgan fingerprint density at radius 1 is 1.27 bits per heavy atom. The number of hydrogen-bond donors (Lipinski definition) is 1. The summed E-state index contributed by atoms with van der Waals surface area (Å²) in [5.41, 5.74) is 8.19. The SMILES string of the molecule is CC(C)(C)OCCOC1CC(OC(=O)NC23CCC(CC2N=[N+]=[N-])C3)C1. The normalized spacial score (nSPS) is 35.5. The lowest BCUT2D eigenvalue weighted by molar-refractivity contribution is -0.102. The van der Waals surface area contributed by atoms with Crippen molar-refractivity contribution < 1.29 is 19.0 Å². The number of ether oxygens (including phenoxy) is 3. The van der Waals surface area contributed by atoms with Crippen molar-refractivity contribution in [1.82, 2.24) is 5.32 Å². The quantitative estimate of drug-likeness (QED) is 0.321. The number of carbonyl (C=O) groups excluding carboxylic acids is 1. The van der Waals surface area contributed by atoms with Gasteiger partial charge in [-0.2, -0.15) is 0 Å². The number of rotatable bonds is 7. The molecule has 3 aliphatic carbocycles. The molecule has 8 heteroatoms. The van der Waals surface area contributed by atoms with Crippen LogP contribution in [0, 0.1) is 5.92 Å². The molecule has 26 heavy (non-hydrogen) atoms. The minimum Gasteiger partial charge on any atom is -0.446 e. The van der Waals surface area contributed by atoms with Crippen molar-refractivity contribution in [3.8, 4) is 0 Å². The van der Waals surface area contributed by atoms with E-state index in [1.54, 1.807) is 0 Å². The fourth-order valence-electron chi connectivity index (χ4n) is 4.34. The molecule has 0 radical (unpaired) electrons. The summed E-state index contributed by atoms with van der Waals surface area (Å²) in [5.74, 6) is 0.544. The fourth-order valence-corrected chi connectivity index (χ4v) is 4.34. The molecular weight excluding hydrogens is 336 g/mol. The van der Waals surface area contributed by atoms with Gasteiger partial charge in [-0.05, 0) is 57.9 Å². The van der Waals surface area contributed by atoms with E-state index in [0.29, 0.717) is 19.1 Å². The number of amides is 1. The van der Waals surface area contributed by atoms with Gasteiger partial charge in [0.1, 0.15) is 6.10 Å². The summed E-state index contributed by atoms with van der Waals surface area (Å²) >= 11 is 0. The number of alkyl carbamates (subject to hydrolysis) is 1. The van der Waals surface area contributed by atoms with E-state index in [4.69, 9.17) is 19.7 Å². The van der Waals surface area contributed by atoms with Crippen LogP contribution in [0.1, 0.15) is 59.3 Å². The van der Waals surface area contributed by atoms with Crippen LogP contribution in [0.15, 0.2) is 5.11 Å². The van der Waals surface area contributed by atoms with Gasteiger partial charge in [-0.1, -0.05) is 5.11 Å². The lowest BCUT2D eigenvalue weighted by Crippen LogP contribution is -2.54. The molecular formula is C18H30N4O4. The molecule has 0 aromatic carbocycles. The molecule has 0 spiro atoms. The molecule has 3 unspecified atom stereocenters. The first-order chi connectivity index (χ1) is 12.3. The molecule has 0 aromatic heterocycles. The predicted molar refractivity (Wildman–Crippen MR) is 95.7 cm³/mol. The van der Waals surface area contributed by atoms with Gasteiger partial charge in [-0.15, -0.1) is 0 Å². The molecule has 0 aromatic rings. The Morgan fingerprint density at radius 3 is 2.69 bits per heavy atom. The van der Waals surface area contributed by atoms with Crippen LogP contribution < -0.4 is 5.32 Å². The maximum atomic E-state index is 12.3. The number of nitrogens with zero attached hydrogens (tertiary/aromatic N) is 3. The van der Waals surface area contributed by atoms with Crippen molar-refractivity contribution in [2.24, 2.45) is 11.0 Å². The first-order valence-corrected chi connectivity index (χ1v) is 9.58. The van der Waals surface area contributed by atoms with E-state index >= 15 is 0 Å². The standard InChI is InChI=1S/C18H30N4O4/c1-17(2,3)25-7-6-24-13-9-14(10-13)26-16(23)20-18-5-4-12(11-18)8-15(18)21-22-19/h12-15H,4-11H2,1-3H3,(H,20,23). The molecule has 1 amide bonds. The third-order valence-corrected chi connectivity index (χ3v) is 5.69. The van der Waals surface area contributed by atoms with E-state index in [2.05, 4.69) is 15.3 Å².